The van der Waals surface area contributed by atoms with Gasteiger partial charge in [0.1, 0.15) is 12.4 Å². The topological polar surface area (TPSA) is 60.9 Å². The largest absolute Gasteiger partial charge is 0.332 e. The minimum absolute atomic E-state index is 0.216. The highest BCUT2D eigenvalue weighted by Gasteiger charge is 2.29. The molecule has 0 fully saturated rings. The second kappa shape index (κ2) is 10.4. The maximum absolute atomic E-state index is 13.4. The Morgan fingerprint density at radius 3 is 1.69 bits per heavy atom. The van der Waals surface area contributed by atoms with Gasteiger partial charge in [-0.2, -0.15) is 12.7 Å². The molecule has 0 aliphatic heterocycles. The van der Waals surface area contributed by atoms with Crippen molar-refractivity contribution in [3.63, 3.8) is 0 Å². The molecule has 0 saturated carbocycles. The molecule has 0 heterocycles. The molecule has 6 nitrogen and oxygen atoms in total. The van der Waals surface area contributed by atoms with Crippen molar-refractivity contribution in [1.29, 1.82) is 0 Å². The molecule has 0 radical (unpaired) electrons. The fourth-order valence-corrected chi connectivity index (χ4v) is 4.23. The van der Waals surface area contributed by atoms with Gasteiger partial charge in [0.15, 0.2) is 0 Å². The number of benzene rings is 3. The average molecular weight is 456 g/mol. The summed E-state index contributed by atoms with van der Waals surface area (Å²) in [5.41, 5.74) is 2.08. The molecule has 0 unspecified atom stereocenters. The molecule has 3 rings (SSSR count). The van der Waals surface area contributed by atoms with Crippen LogP contribution in [0.1, 0.15) is 11.1 Å². The summed E-state index contributed by atoms with van der Waals surface area (Å²) in [4.78, 5) is 15.0. The molecule has 32 heavy (non-hydrogen) atoms. The van der Waals surface area contributed by atoms with Crippen LogP contribution in [0.5, 0.6) is 0 Å². The zero-order valence-corrected chi connectivity index (χ0v) is 18.9. The fraction of sp³-hybridized carbons (Fsp3) is 0.208. The Bertz CT molecular complexity index is 1080. The molecule has 0 saturated heterocycles. The first-order valence-corrected chi connectivity index (χ1v) is 11.5. The van der Waals surface area contributed by atoms with Gasteiger partial charge in [-0.05, 0) is 35.4 Å². The first kappa shape index (κ1) is 23.4. The lowest BCUT2D eigenvalue weighted by atomic mass is 10.1. The monoisotopic (exact) mass is 455 g/mol. The van der Waals surface area contributed by atoms with E-state index in [0.717, 1.165) is 19.7 Å². The van der Waals surface area contributed by atoms with Crippen molar-refractivity contribution >= 4 is 21.8 Å². The van der Waals surface area contributed by atoms with Crippen LogP contribution in [0, 0.1) is 5.82 Å². The molecule has 0 atom stereocenters. The highest BCUT2D eigenvalue weighted by atomic mass is 32.2. The third-order valence-corrected chi connectivity index (χ3v) is 6.74. The molecular weight excluding hydrogens is 429 g/mol. The summed E-state index contributed by atoms with van der Waals surface area (Å²) < 4.78 is 41.4. The Hall–Kier alpha value is -3.23. The molecule has 0 spiro atoms. The Kier molecular flexibility index (Phi) is 7.61. The lowest BCUT2D eigenvalue weighted by Gasteiger charge is -2.30. The van der Waals surface area contributed by atoms with Gasteiger partial charge in [-0.15, -0.1) is 0 Å². The maximum atomic E-state index is 13.4. The maximum Gasteiger partial charge on any atom is 0.304 e. The van der Waals surface area contributed by atoms with Gasteiger partial charge in [0.25, 0.3) is 0 Å². The summed E-state index contributed by atoms with van der Waals surface area (Å²) in [5, 5.41) is 0. The van der Waals surface area contributed by atoms with Crippen molar-refractivity contribution in [3.05, 3.63) is 102 Å². The van der Waals surface area contributed by atoms with E-state index < -0.39 is 22.6 Å². The van der Waals surface area contributed by atoms with Crippen molar-refractivity contribution in [2.75, 3.05) is 24.9 Å². The summed E-state index contributed by atoms with van der Waals surface area (Å²) in [6, 6.07) is 24.1. The number of anilines is 1. The number of hydrogen-bond donors (Lipinski definition) is 0. The lowest BCUT2D eigenvalue weighted by Crippen LogP contribution is -2.46. The number of carbonyl (C=O) groups is 1. The number of carbonyl (C=O) groups excluding carboxylic acids is 1. The van der Waals surface area contributed by atoms with Crippen LogP contribution in [0.4, 0.5) is 10.1 Å². The Labute approximate surface area is 188 Å². The van der Waals surface area contributed by atoms with Crippen molar-refractivity contribution in [1.82, 2.24) is 9.21 Å². The van der Waals surface area contributed by atoms with E-state index in [9.17, 15) is 17.6 Å². The Morgan fingerprint density at radius 1 is 0.781 bits per heavy atom. The predicted octanol–water partition coefficient (Wildman–Crippen LogP) is 3.67. The number of amides is 1. The SMILES string of the molecule is CN(C)S(=O)(=O)N(CC(=O)N(Cc1ccccc1)Cc1ccccc1)c1ccc(F)cc1. The van der Waals surface area contributed by atoms with Crippen LogP contribution in [0.3, 0.4) is 0 Å². The Balaban J connectivity index is 1.92. The summed E-state index contributed by atoms with van der Waals surface area (Å²) in [6.07, 6.45) is 0. The molecule has 0 aliphatic carbocycles. The number of halogens is 1. The van der Waals surface area contributed by atoms with Crippen LogP contribution < -0.4 is 4.31 Å². The van der Waals surface area contributed by atoms with Crippen molar-refractivity contribution in [2.24, 2.45) is 0 Å². The zero-order valence-electron chi connectivity index (χ0n) is 18.1. The minimum atomic E-state index is -3.98. The summed E-state index contributed by atoms with van der Waals surface area (Å²) in [6.45, 7) is 0.244. The summed E-state index contributed by atoms with van der Waals surface area (Å²) in [7, 11) is -1.20. The van der Waals surface area contributed by atoms with Crippen molar-refractivity contribution < 1.29 is 17.6 Å². The quantitative estimate of drug-likeness (QED) is 0.495. The summed E-state index contributed by atoms with van der Waals surface area (Å²) >= 11 is 0. The minimum Gasteiger partial charge on any atom is -0.332 e. The van der Waals surface area contributed by atoms with E-state index in [1.54, 1.807) is 4.90 Å². The van der Waals surface area contributed by atoms with E-state index >= 15 is 0 Å². The van der Waals surface area contributed by atoms with Crippen LogP contribution in [0.25, 0.3) is 0 Å². The standard InChI is InChI=1S/C24H26FN3O3S/c1-26(2)32(30,31)28(23-15-13-22(25)14-16-23)19-24(29)27(17-20-9-5-3-6-10-20)18-21-11-7-4-8-12-21/h3-16H,17-19H2,1-2H3. The molecular formula is C24H26FN3O3S. The van der Waals surface area contributed by atoms with E-state index in [1.165, 1.54) is 38.4 Å². The van der Waals surface area contributed by atoms with Crippen LogP contribution in [-0.2, 0) is 28.1 Å². The first-order valence-electron chi connectivity index (χ1n) is 10.1. The van der Waals surface area contributed by atoms with Gasteiger partial charge < -0.3 is 4.90 Å². The van der Waals surface area contributed by atoms with E-state index in [4.69, 9.17) is 0 Å². The molecule has 168 valence electrons. The van der Waals surface area contributed by atoms with Crippen molar-refractivity contribution in [3.8, 4) is 0 Å². The molecule has 1 amide bonds. The van der Waals surface area contributed by atoms with Gasteiger partial charge >= 0.3 is 10.2 Å². The molecule has 8 heteroatoms. The third-order valence-electron chi connectivity index (χ3n) is 4.92. The predicted molar refractivity (Wildman–Crippen MR) is 123 cm³/mol. The van der Waals surface area contributed by atoms with E-state index in [1.807, 2.05) is 60.7 Å². The third kappa shape index (κ3) is 5.93. The molecule has 3 aromatic carbocycles. The van der Waals surface area contributed by atoms with Crippen molar-refractivity contribution in [2.45, 2.75) is 13.1 Å². The van der Waals surface area contributed by atoms with Crippen LogP contribution in [0.15, 0.2) is 84.9 Å². The van der Waals surface area contributed by atoms with Crippen LogP contribution in [0.2, 0.25) is 0 Å². The van der Waals surface area contributed by atoms with Gasteiger partial charge in [-0.1, -0.05) is 60.7 Å². The average Bonchev–Trinajstić information content (AvgIpc) is 2.79. The first-order chi connectivity index (χ1) is 15.3. The van der Waals surface area contributed by atoms with E-state index in [0.29, 0.717) is 13.1 Å². The lowest BCUT2D eigenvalue weighted by molar-refractivity contribution is -0.130. The molecule has 0 bridgehead atoms. The van der Waals surface area contributed by atoms with E-state index in [-0.39, 0.29) is 11.6 Å². The van der Waals surface area contributed by atoms with Gasteiger partial charge in [0.05, 0.1) is 5.69 Å². The van der Waals surface area contributed by atoms with Crippen LogP contribution >= 0.6 is 0 Å². The van der Waals surface area contributed by atoms with Gasteiger partial charge in [-0.3, -0.25) is 4.79 Å². The highest BCUT2D eigenvalue weighted by molar-refractivity contribution is 7.90. The smallest absolute Gasteiger partial charge is 0.304 e. The molecule has 0 aromatic heterocycles. The zero-order chi connectivity index (χ0) is 23.1. The second-order valence-corrected chi connectivity index (χ2v) is 9.56. The molecule has 0 aliphatic rings. The normalized spacial score (nSPS) is 11.4. The fourth-order valence-electron chi connectivity index (χ4n) is 3.17. The van der Waals surface area contributed by atoms with E-state index in [2.05, 4.69) is 0 Å². The van der Waals surface area contributed by atoms with Crippen LogP contribution in [-0.4, -0.2) is 44.2 Å². The number of rotatable bonds is 9. The summed E-state index contributed by atoms with van der Waals surface area (Å²) in [5.74, 6) is -0.857. The molecule has 3 aromatic rings. The highest BCUT2D eigenvalue weighted by Crippen LogP contribution is 2.21. The number of hydrogen-bond acceptors (Lipinski definition) is 3. The Morgan fingerprint density at radius 2 is 1.25 bits per heavy atom. The second-order valence-electron chi connectivity index (χ2n) is 7.49. The molecule has 0 N–H and O–H groups in total. The van der Waals surface area contributed by atoms with Gasteiger partial charge in [0.2, 0.25) is 5.91 Å². The van der Waals surface area contributed by atoms with Gasteiger partial charge in [-0.25, -0.2) is 8.70 Å². The van der Waals surface area contributed by atoms with Gasteiger partial charge in [0, 0.05) is 27.2 Å². The number of nitrogens with zero attached hydrogens (tertiary/aromatic N) is 3.